The van der Waals surface area contributed by atoms with Gasteiger partial charge >= 0.3 is 0 Å². The molecular formula is C21H19ClN8S. The maximum atomic E-state index is 6.14. The van der Waals surface area contributed by atoms with Crippen molar-refractivity contribution >= 4 is 34.1 Å². The van der Waals surface area contributed by atoms with E-state index < -0.39 is 0 Å². The van der Waals surface area contributed by atoms with Gasteiger partial charge in [0, 0.05) is 22.9 Å². The fourth-order valence-electron chi connectivity index (χ4n) is 3.67. The average Bonchev–Trinajstić information content (AvgIpc) is 3.50. The Morgan fingerprint density at radius 1 is 1.06 bits per heavy atom. The molecule has 31 heavy (non-hydrogen) atoms. The van der Waals surface area contributed by atoms with E-state index in [0.717, 1.165) is 57.8 Å². The molecule has 10 heteroatoms. The largest absolute Gasteiger partial charge is 0.308 e. The number of fused-ring (bicyclic) bond motifs is 1. The van der Waals surface area contributed by atoms with E-state index in [-0.39, 0.29) is 5.28 Å². The van der Waals surface area contributed by atoms with Crippen molar-refractivity contribution in [1.82, 2.24) is 40.1 Å². The minimum Gasteiger partial charge on any atom is -0.308 e. The van der Waals surface area contributed by atoms with E-state index in [4.69, 9.17) is 16.6 Å². The average molecular weight is 451 g/mol. The summed E-state index contributed by atoms with van der Waals surface area (Å²) in [7, 11) is 0. The lowest BCUT2D eigenvalue weighted by Gasteiger charge is -2.10. The Balaban J connectivity index is 1.49. The molecule has 5 aromatic rings. The monoisotopic (exact) mass is 450 g/mol. The molecule has 0 radical (unpaired) electrons. The number of nitrogens with one attached hydrogen (secondary N) is 1. The minimum atomic E-state index is 0.246. The van der Waals surface area contributed by atoms with E-state index in [2.05, 4.69) is 71.7 Å². The predicted octanol–water partition coefficient (Wildman–Crippen LogP) is 4.70. The smallest absolute Gasteiger partial charge is 0.224 e. The van der Waals surface area contributed by atoms with Gasteiger partial charge in [-0.15, -0.1) is 10.2 Å². The highest BCUT2D eigenvalue weighted by atomic mass is 35.5. The van der Waals surface area contributed by atoms with Crippen LogP contribution in [0, 0.1) is 6.92 Å². The van der Waals surface area contributed by atoms with Crippen molar-refractivity contribution in [3.8, 4) is 22.5 Å². The highest BCUT2D eigenvalue weighted by Crippen LogP contribution is 2.33. The molecule has 4 heterocycles. The number of benzene rings is 1. The summed E-state index contributed by atoms with van der Waals surface area (Å²) in [5.41, 5.74) is 6.72. The number of aromatic nitrogens is 8. The first-order valence-electron chi connectivity index (χ1n) is 9.92. The molecule has 0 fully saturated rings. The molecule has 0 atom stereocenters. The highest BCUT2D eigenvalue weighted by molar-refractivity contribution is 7.08. The SMILES string of the molecule is CCCc1nc2c(C)nc(Cl)nc2n1Cc1ccc(-c2cscc2-c2nn[nH]n2)cc1. The summed E-state index contributed by atoms with van der Waals surface area (Å²) in [6, 6.07) is 8.49. The second-order valence-corrected chi connectivity index (χ2v) is 8.33. The fourth-order valence-corrected chi connectivity index (χ4v) is 4.71. The summed E-state index contributed by atoms with van der Waals surface area (Å²) in [6.45, 7) is 4.73. The summed E-state index contributed by atoms with van der Waals surface area (Å²) in [4.78, 5) is 13.5. The van der Waals surface area contributed by atoms with Crippen LogP contribution in [0.25, 0.3) is 33.7 Å². The molecule has 1 aromatic carbocycles. The number of nitrogens with zero attached hydrogens (tertiary/aromatic N) is 7. The summed E-state index contributed by atoms with van der Waals surface area (Å²) in [6.07, 6.45) is 1.87. The van der Waals surface area contributed by atoms with Crippen LogP contribution in [0.3, 0.4) is 0 Å². The number of hydrogen-bond acceptors (Lipinski definition) is 7. The van der Waals surface area contributed by atoms with Gasteiger partial charge in [-0.2, -0.15) is 21.5 Å². The molecule has 1 N–H and O–H groups in total. The number of hydrogen-bond donors (Lipinski definition) is 1. The molecule has 5 rings (SSSR count). The van der Waals surface area contributed by atoms with E-state index in [1.165, 1.54) is 0 Å². The van der Waals surface area contributed by atoms with E-state index >= 15 is 0 Å². The van der Waals surface area contributed by atoms with Crippen molar-refractivity contribution in [2.45, 2.75) is 33.2 Å². The highest BCUT2D eigenvalue weighted by Gasteiger charge is 2.16. The van der Waals surface area contributed by atoms with Crippen molar-refractivity contribution in [3.63, 3.8) is 0 Å². The molecule has 0 saturated heterocycles. The Labute approximate surface area is 187 Å². The number of rotatable bonds is 6. The molecule has 0 unspecified atom stereocenters. The van der Waals surface area contributed by atoms with Crippen LogP contribution in [-0.4, -0.2) is 40.1 Å². The van der Waals surface area contributed by atoms with Gasteiger partial charge < -0.3 is 4.57 Å². The zero-order chi connectivity index (χ0) is 21.4. The van der Waals surface area contributed by atoms with Crippen molar-refractivity contribution in [3.05, 3.63) is 57.4 Å². The number of tetrazole rings is 1. The van der Waals surface area contributed by atoms with Crippen LogP contribution in [0.2, 0.25) is 5.28 Å². The van der Waals surface area contributed by atoms with Crippen LogP contribution in [0.15, 0.2) is 35.0 Å². The van der Waals surface area contributed by atoms with Gasteiger partial charge in [-0.25, -0.2) is 9.97 Å². The van der Waals surface area contributed by atoms with Gasteiger partial charge in [-0.3, -0.25) is 0 Å². The minimum absolute atomic E-state index is 0.246. The first-order valence-corrected chi connectivity index (χ1v) is 11.2. The summed E-state index contributed by atoms with van der Waals surface area (Å²) >= 11 is 7.76. The Hall–Kier alpha value is -3.17. The predicted molar refractivity (Wildman–Crippen MR) is 121 cm³/mol. The molecule has 4 aromatic heterocycles. The molecular weight excluding hydrogens is 432 g/mol. The summed E-state index contributed by atoms with van der Waals surface area (Å²) in [5.74, 6) is 1.60. The number of aromatic amines is 1. The number of imidazole rings is 1. The summed E-state index contributed by atoms with van der Waals surface area (Å²) in [5, 5.41) is 18.8. The fraction of sp³-hybridized carbons (Fsp3) is 0.238. The molecule has 0 aliphatic carbocycles. The standard InChI is InChI=1S/C21H19ClN8S/c1-3-4-17-24-18-12(2)23-21(22)25-20(18)30(17)9-13-5-7-14(8-6-13)15-10-31-11-16(15)19-26-28-29-27-19/h5-8,10-11H,3-4,9H2,1-2H3,(H,26,27,28,29). The van der Waals surface area contributed by atoms with Crippen LogP contribution in [0.1, 0.15) is 30.4 Å². The van der Waals surface area contributed by atoms with Gasteiger partial charge in [0.25, 0.3) is 0 Å². The van der Waals surface area contributed by atoms with Gasteiger partial charge in [-0.1, -0.05) is 31.2 Å². The molecule has 8 nitrogen and oxygen atoms in total. The van der Waals surface area contributed by atoms with E-state index in [9.17, 15) is 0 Å². The molecule has 0 bridgehead atoms. The Kier molecular flexibility index (Phi) is 5.21. The lowest BCUT2D eigenvalue weighted by atomic mass is 10.0. The second kappa shape index (κ2) is 8.16. The molecule has 0 aliphatic heterocycles. The van der Waals surface area contributed by atoms with E-state index in [0.29, 0.717) is 12.4 Å². The van der Waals surface area contributed by atoms with Gasteiger partial charge in [0.15, 0.2) is 5.65 Å². The van der Waals surface area contributed by atoms with Crippen LogP contribution < -0.4 is 0 Å². The number of thiophene rings is 1. The zero-order valence-electron chi connectivity index (χ0n) is 17.0. The van der Waals surface area contributed by atoms with Crippen molar-refractivity contribution in [2.24, 2.45) is 0 Å². The lowest BCUT2D eigenvalue weighted by molar-refractivity contribution is 0.716. The van der Waals surface area contributed by atoms with Gasteiger partial charge in [-0.05, 0) is 46.7 Å². The maximum absolute atomic E-state index is 6.14. The Morgan fingerprint density at radius 3 is 2.61 bits per heavy atom. The third-order valence-corrected chi connectivity index (χ3v) is 6.06. The third-order valence-electron chi connectivity index (χ3n) is 5.15. The first kappa shape index (κ1) is 19.8. The van der Waals surface area contributed by atoms with Gasteiger partial charge in [0.05, 0.1) is 12.2 Å². The third kappa shape index (κ3) is 3.70. The molecule has 0 aliphatic rings. The van der Waals surface area contributed by atoms with Crippen molar-refractivity contribution < 1.29 is 0 Å². The van der Waals surface area contributed by atoms with Gasteiger partial charge in [0.2, 0.25) is 11.1 Å². The Morgan fingerprint density at radius 2 is 1.87 bits per heavy atom. The topological polar surface area (TPSA) is 98.1 Å². The number of halogens is 1. The van der Waals surface area contributed by atoms with Crippen LogP contribution in [-0.2, 0) is 13.0 Å². The molecule has 156 valence electrons. The van der Waals surface area contributed by atoms with Crippen LogP contribution in [0.4, 0.5) is 0 Å². The first-order chi connectivity index (χ1) is 15.1. The summed E-state index contributed by atoms with van der Waals surface area (Å²) < 4.78 is 2.14. The van der Waals surface area contributed by atoms with E-state index in [1.54, 1.807) is 11.3 Å². The zero-order valence-corrected chi connectivity index (χ0v) is 18.6. The van der Waals surface area contributed by atoms with Gasteiger partial charge in [0.1, 0.15) is 11.3 Å². The van der Waals surface area contributed by atoms with Crippen LogP contribution in [0.5, 0.6) is 0 Å². The van der Waals surface area contributed by atoms with E-state index in [1.807, 2.05) is 12.3 Å². The van der Waals surface area contributed by atoms with Crippen LogP contribution >= 0.6 is 22.9 Å². The quantitative estimate of drug-likeness (QED) is 0.376. The Bertz CT molecular complexity index is 1340. The molecule has 0 amide bonds. The molecule has 0 spiro atoms. The number of H-pyrrole nitrogens is 1. The second-order valence-electron chi connectivity index (χ2n) is 7.25. The lowest BCUT2D eigenvalue weighted by Crippen LogP contribution is -2.06. The molecule has 0 saturated carbocycles. The van der Waals surface area contributed by atoms with Crippen molar-refractivity contribution in [2.75, 3.05) is 0 Å². The van der Waals surface area contributed by atoms with Crippen molar-refractivity contribution in [1.29, 1.82) is 0 Å². The normalized spacial score (nSPS) is 11.5. The number of aryl methyl sites for hydroxylation is 2. The maximum Gasteiger partial charge on any atom is 0.224 e.